The summed E-state index contributed by atoms with van der Waals surface area (Å²) >= 11 is 1.30. The van der Waals surface area contributed by atoms with E-state index in [0.717, 1.165) is 44.1 Å². The van der Waals surface area contributed by atoms with Crippen molar-refractivity contribution in [2.24, 2.45) is 11.3 Å². The minimum atomic E-state index is -2.01. The summed E-state index contributed by atoms with van der Waals surface area (Å²) in [5.41, 5.74) is 5.37. The van der Waals surface area contributed by atoms with Crippen molar-refractivity contribution in [3.05, 3.63) is 77.4 Å². The number of fused-ring (bicyclic) bond motifs is 1. The lowest BCUT2D eigenvalue weighted by Gasteiger charge is -2.45. The van der Waals surface area contributed by atoms with Crippen LogP contribution in [0.25, 0.3) is 0 Å². The first kappa shape index (κ1) is 38.2. The smallest absolute Gasteiger partial charge is 0.373 e. The minimum Gasteiger partial charge on any atom is -0.418 e. The highest BCUT2D eigenvalue weighted by molar-refractivity contribution is 8.14. The van der Waals surface area contributed by atoms with E-state index in [0.29, 0.717) is 11.7 Å². The van der Waals surface area contributed by atoms with Gasteiger partial charge in [0.05, 0.1) is 12.2 Å². The first-order valence-electron chi connectivity index (χ1n) is 17.7. The third-order valence-corrected chi connectivity index (χ3v) is 21.9. The molecule has 7 heteroatoms. The number of ether oxygens (including phenoxy) is 1. The second-order valence-electron chi connectivity index (χ2n) is 17.4. The molecule has 0 N–H and O–H groups in total. The van der Waals surface area contributed by atoms with Crippen molar-refractivity contribution in [3.8, 4) is 5.75 Å². The molecule has 2 saturated carbocycles. The molecule has 260 valence electrons. The molecule has 1 unspecified atom stereocenters. The Labute approximate surface area is 293 Å². The Balaban J connectivity index is 1.55. The molecule has 1 aromatic rings. The number of thioether (sulfide) groups is 1. The van der Waals surface area contributed by atoms with Crippen LogP contribution < -0.4 is 4.74 Å². The third-order valence-electron chi connectivity index (χ3n) is 12.0. The van der Waals surface area contributed by atoms with Gasteiger partial charge in [-0.25, -0.2) is 4.79 Å². The van der Waals surface area contributed by atoms with Crippen LogP contribution in [0.1, 0.15) is 93.9 Å². The van der Waals surface area contributed by atoms with Crippen LogP contribution in [0.5, 0.6) is 5.75 Å². The van der Waals surface area contributed by atoms with Gasteiger partial charge in [0.2, 0.25) is 0 Å². The van der Waals surface area contributed by atoms with E-state index in [2.05, 4.69) is 106 Å². The summed E-state index contributed by atoms with van der Waals surface area (Å²) in [4.78, 5) is 12.8. The van der Waals surface area contributed by atoms with Gasteiger partial charge in [-0.3, -0.25) is 0 Å². The van der Waals surface area contributed by atoms with E-state index >= 15 is 0 Å². The molecule has 0 saturated heterocycles. The zero-order chi connectivity index (χ0) is 35.0. The van der Waals surface area contributed by atoms with Crippen LogP contribution in [-0.2, 0) is 8.85 Å². The van der Waals surface area contributed by atoms with Gasteiger partial charge in [-0.1, -0.05) is 103 Å². The average Bonchev–Trinajstić information content (AvgIpc) is 3.30. The SMILES string of the molecule is C=C1/C(=C\C=C2/CCC[C@]3(C)C([C@@H](C)SC(=O)Oc4ccccc4)=CCC23)C[C@@H](O[Si](C)(C)C(C)(C)C)C[C@@H]1O[Si](C)(C)C(C)(C)C. The number of hydrogen-bond acceptors (Lipinski definition) is 5. The monoisotopic (exact) mass is 694 g/mol. The maximum Gasteiger partial charge on any atom is 0.373 e. The normalized spacial score (nSPS) is 28.3. The molecule has 4 nitrogen and oxygen atoms in total. The molecule has 4 rings (SSSR count). The van der Waals surface area contributed by atoms with Gasteiger partial charge in [-0.15, -0.1) is 0 Å². The van der Waals surface area contributed by atoms with Crippen LogP contribution in [-0.4, -0.2) is 39.4 Å². The zero-order valence-electron chi connectivity index (χ0n) is 31.4. The fourth-order valence-corrected chi connectivity index (χ4v) is 10.7. The van der Waals surface area contributed by atoms with Crippen molar-refractivity contribution < 1.29 is 18.4 Å². The molecule has 0 amide bonds. The predicted molar refractivity (Wildman–Crippen MR) is 206 cm³/mol. The quantitative estimate of drug-likeness (QED) is 0.154. The molecule has 47 heavy (non-hydrogen) atoms. The molecule has 5 atom stereocenters. The van der Waals surface area contributed by atoms with E-state index in [1.165, 1.54) is 28.5 Å². The van der Waals surface area contributed by atoms with Crippen molar-refractivity contribution in [2.45, 2.75) is 148 Å². The van der Waals surface area contributed by atoms with Gasteiger partial charge >= 0.3 is 5.30 Å². The Hall–Kier alpha value is -1.65. The van der Waals surface area contributed by atoms with Crippen LogP contribution in [0.4, 0.5) is 4.79 Å². The molecule has 1 aromatic carbocycles. The van der Waals surface area contributed by atoms with Crippen LogP contribution in [0, 0.1) is 11.3 Å². The Kier molecular flexibility index (Phi) is 11.6. The molecule has 0 aliphatic heterocycles. The van der Waals surface area contributed by atoms with E-state index in [1.807, 2.05) is 30.3 Å². The average molecular weight is 695 g/mol. The van der Waals surface area contributed by atoms with Gasteiger partial charge in [-0.05, 0) is 122 Å². The summed E-state index contributed by atoms with van der Waals surface area (Å²) in [7, 11) is -3.98. The largest absolute Gasteiger partial charge is 0.418 e. The number of benzene rings is 1. The van der Waals surface area contributed by atoms with Crippen molar-refractivity contribution in [3.63, 3.8) is 0 Å². The first-order valence-corrected chi connectivity index (χ1v) is 24.4. The van der Waals surface area contributed by atoms with Gasteiger partial charge in [0.1, 0.15) is 5.75 Å². The van der Waals surface area contributed by atoms with Crippen LogP contribution in [0.15, 0.2) is 77.4 Å². The molecule has 3 aliphatic carbocycles. The number of rotatable bonds is 8. The lowest BCUT2D eigenvalue weighted by molar-refractivity contribution is 0.0969. The number of carbonyl (C=O) groups is 1. The molecule has 3 aliphatic rings. The molecule has 0 radical (unpaired) electrons. The maximum absolute atomic E-state index is 12.8. The van der Waals surface area contributed by atoms with Gasteiger partial charge in [0.15, 0.2) is 16.6 Å². The number of para-hydroxylation sites is 1. The third kappa shape index (κ3) is 8.75. The standard InChI is InChI=1S/C40H62O4SSi2/c1-28-31(26-33(43-46(10,11)38(3,4)5)27-36(28)44-47(12,13)39(6,7)8)22-21-30-18-17-25-40(9)34(23-24-35(30)40)29(2)45-37(41)42-32-19-15-14-16-20-32/h14-16,19-23,29,33,35-36H,1,17-18,24-27H2,2-13H3/b30-21+,31-22-/t29-,33-,35?,36+,40-/m1/s1. The van der Waals surface area contributed by atoms with Gasteiger partial charge in [0.25, 0.3) is 0 Å². The number of hydrogen-bond donors (Lipinski definition) is 0. The Morgan fingerprint density at radius 3 is 2.23 bits per heavy atom. The Morgan fingerprint density at radius 1 is 1.00 bits per heavy atom. The van der Waals surface area contributed by atoms with E-state index in [9.17, 15) is 4.79 Å². The van der Waals surface area contributed by atoms with Gasteiger partial charge in [-0.2, -0.15) is 0 Å². The van der Waals surface area contributed by atoms with E-state index < -0.39 is 16.6 Å². The fraction of sp³-hybridized carbons (Fsp3) is 0.625. The van der Waals surface area contributed by atoms with Crippen molar-refractivity contribution in [1.29, 1.82) is 0 Å². The van der Waals surface area contributed by atoms with Crippen LogP contribution in [0.2, 0.25) is 36.3 Å². The summed E-state index contributed by atoms with van der Waals surface area (Å²) in [5.74, 6) is 1.04. The minimum absolute atomic E-state index is 0.0195. The summed E-state index contributed by atoms with van der Waals surface area (Å²) in [6.45, 7) is 32.5. The van der Waals surface area contributed by atoms with Crippen molar-refractivity contribution in [1.82, 2.24) is 0 Å². The second-order valence-corrected chi connectivity index (χ2v) is 28.2. The predicted octanol–water partition coefficient (Wildman–Crippen LogP) is 12.4. The second kappa shape index (κ2) is 14.3. The first-order chi connectivity index (χ1) is 21.6. The van der Waals surface area contributed by atoms with Gasteiger partial charge < -0.3 is 13.6 Å². The molecule has 0 bridgehead atoms. The van der Waals surface area contributed by atoms with Crippen LogP contribution >= 0.6 is 11.8 Å². The zero-order valence-corrected chi connectivity index (χ0v) is 34.2. The maximum atomic E-state index is 12.8. The van der Waals surface area contributed by atoms with Gasteiger partial charge in [0, 0.05) is 11.7 Å². The molecule has 2 fully saturated rings. The van der Waals surface area contributed by atoms with E-state index in [-0.39, 0.29) is 38.3 Å². The van der Waals surface area contributed by atoms with E-state index in [4.69, 9.17) is 13.6 Å². The highest BCUT2D eigenvalue weighted by Crippen LogP contribution is 2.57. The molecular formula is C40H62O4SSi2. The van der Waals surface area contributed by atoms with Crippen molar-refractivity contribution in [2.75, 3.05) is 0 Å². The Morgan fingerprint density at radius 2 is 1.62 bits per heavy atom. The van der Waals surface area contributed by atoms with E-state index in [1.54, 1.807) is 0 Å². The fourth-order valence-electron chi connectivity index (χ4n) is 7.06. The number of allylic oxidation sites excluding steroid dienone is 4. The molecule has 0 heterocycles. The highest BCUT2D eigenvalue weighted by atomic mass is 32.2. The van der Waals surface area contributed by atoms with Crippen molar-refractivity contribution >= 4 is 33.7 Å². The molecule has 0 aromatic heterocycles. The highest BCUT2D eigenvalue weighted by Gasteiger charge is 2.47. The lowest BCUT2D eigenvalue weighted by Crippen LogP contribution is -2.49. The molecule has 0 spiro atoms. The number of carbonyl (C=O) groups excluding carboxylic acids is 1. The lowest BCUT2D eigenvalue weighted by atomic mass is 9.64. The topological polar surface area (TPSA) is 44.8 Å². The summed E-state index contributed by atoms with van der Waals surface area (Å²) in [6, 6.07) is 9.35. The molecular weight excluding hydrogens is 633 g/mol. The summed E-state index contributed by atoms with van der Waals surface area (Å²) < 4.78 is 19.7. The summed E-state index contributed by atoms with van der Waals surface area (Å²) in [5, 5.41) is 0.0994. The summed E-state index contributed by atoms with van der Waals surface area (Å²) in [6.07, 6.45) is 13.5. The Bertz CT molecular complexity index is 1400. The van der Waals surface area contributed by atoms with Crippen LogP contribution in [0.3, 0.4) is 0 Å².